The molecule has 2 fully saturated rings. The van der Waals surface area contributed by atoms with Crippen LogP contribution in [0.2, 0.25) is 5.02 Å². The number of Topliss-reactive ketones (excluding diaryl/α,β-unsaturated/α-hetero) is 1. The van der Waals surface area contributed by atoms with E-state index in [0.29, 0.717) is 57.0 Å². The standard InChI is InChI=1S/C28H28ClF2N3O5S/c29-20-13-17(21(30)15-22(20)32-26(36)25-19-5-1-2-6-23(19)40-33-25)14-24(35)28(31,34-11-3-4-12-34)39-18-9-7-16(8-10-18)27(37)38/h1-2,5-6,13,15-16,18H,3-4,7-12,14H2,(H,32,36)(H,37,38)/t16-,18-,28?. The van der Waals surface area contributed by atoms with Crippen LogP contribution in [-0.2, 0) is 20.7 Å². The number of nitrogens with zero attached hydrogens (tertiary/aromatic N) is 2. The maximum absolute atomic E-state index is 16.4. The van der Waals surface area contributed by atoms with E-state index < -0.39 is 47.9 Å². The Hall–Kier alpha value is -2.99. The van der Waals surface area contributed by atoms with Gasteiger partial charge in [0.1, 0.15) is 11.5 Å². The fraction of sp³-hybridized carbons (Fsp3) is 0.429. The average molecular weight is 592 g/mol. The number of halogens is 3. The normalized spacial score (nSPS) is 21.3. The number of amides is 1. The minimum Gasteiger partial charge on any atom is -0.481 e. The molecular formula is C28H28ClF2N3O5S. The number of carboxylic acids is 1. The highest BCUT2D eigenvalue weighted by molar-refractivity contribution is 7.13. The number of aliphatic carboxylic acids is 1. The molecule has 2 N–H and O–H groups in total. The highest BCUT2D eigenvalue weighted by atomic mass is 35.5. The summed E-state index contributed by atoms with van der Waals surface area (Å²) in [5.74, 6) is -6.54. The molecule has 40 heavy (non-hydrogen) atoms. The van der Waals surface area contributed by atoms with Gasteiger partial charge >= 0.3 is 11.9 Å². The first-order valence-electron chi connectivity index (χ1n) is 13.2. The topological polar surface area (TPSA) is 109 Å². The van der Waals surface area contributed by atoms with E-state index in [1.54, 1.807) is 12.1 Å². The number of fused-ring (bicyclic) bond motifs is 1. The lowest BCUT2D eigenvalue weighted by Gasteiger charge is -2.37. The van der Waals surface area contributed by atoms with Crippen LogP contribution in [0.4, 0.5) is 14.5 Å². The summed E-state index contributed by atoms with van der Waals surface area (Å²) in [7, 11) is 0. The molecule has 0 radical (unpaired) electrons. The number of carboxylic acid groups (broad SMARTS) is 1. The van der Waals surface area contributed by atoms with Gasteiger partial charge < -0.3 is 15.2 Å². The summed E-state index contributed by atoms with van der Waals surface area (Å²) >= 11 is 7.51. The first-order valence-corrected chi connectivity index (χ1v) is 14.3. The molecule has 1 unspecified atom stereocenters. The Morgan fingerprint density at radius 2 is 1.85 bits per heavy atom. The Morgan fingerprint density at radius 1 is 1.15 bits per heavy atom. The van der Waals surface area contributed by atoms with Crippen LogP contribution >= 0.6 is 23.1 Å². The SMILES string of the molecule is O=C(Nc1cc(F)c(CC(=O)C(F)(O[C@H]2CC[C@H](C(=O)O)CC2)N2CCCC2)cc1Cl)c1nsc2ccccc12. The zero-order chi connectivity index (χ0) is 28.4. The van der Waals surface area contributed by atoms with Crippen molar-refractivity contribution in [2.75, 3.05) is 18.4 Å². The van der Waals surface area contributed by atoms with Crippen molar-refractivity contribution in [1.82, 2.24) is 9.27 Å². The van der Waals surface area contributed by atoms with Crippen LogP contribution in [0.5, 0.6) is 0 Å². The van der Waals surface area contributed by atoms with E-state index in [9.17, 15) is 19.5 Å². The number of aromatic nitrogens is 1. The van der Waals surface area contributed by atoms with Crippen LogP contribution < -0.4 is 5.32 Å². The summed E-state index contributed by atoms with van der Waals surface area (Å²) in [4.78, 5) is 38.8. The Balaban J connectivity index is 1.31. The van der Waals surface area contributed by atoms with Gasteiger partial charge in [0, 0.05) is 24.9 Å². The van der Waals surface area contributed by atoms with Crippen LogP contribution in [0.3, 0.4) is 0 Å². The van der Waals surface area contributed by atoms with Crippen molar-refractivity contribution >= 4 is 56.6 Å². The van der Waals surface area contributed by atoms with Gasteiger partial charge in [0.15, 0.2) is 0 Å². The van der Waals surface area contributed by atoms with E-state index in [1.807, 2.05) is 12.1 Å². The molecule has 1 saturated carbocycles. The van der Waals surface area contributed by atoms with Gasteiger partial charge in [0.2, 0.25) is 5.78 Å². The summed E-state index contributed by atoms with van der Waals surface area (Å²) in [6, 6.07) is 9.41. The molecule has 1 aliphatic heterocycles. The Morgan fingerprint density at radius 3 is 2.55 bits per heavy atom. The molecule has 0 bridgehead atoms. The van der Waals surface area contributed by atoms with Crippen molar-refractivity contribution in [2.45, 2.75) is 57.0 Å². The maximum atomic E-state index is 16.4. The molecule has 1 saturated heterocycles. The number of hydrogen-bond donors (Lipinski definition) is 2. The van der Waals surface area contributed by atoms with Crippen molar-refractivity contribution in [3.8, 4) is 0 Å². The lowest BCUT2D eigenvalue weighted by atomic mass is 9.87. The van der Waals surface area contributed by atoms with Gasteiger partial charge in [-0.25, -0.2) is 9.29 Å². The van der Waals surface area contributed by atoms with Gasteiger partial charge in [0.05, 0.1) is 27.4 Å². The summed E-state index contributed by atoms with van der Waals surface area (Å²) < 4.78 is 42.3. The van der Waals surface area contributed by atoms with Gasteiger partial charge in [-0.3, -0.25) is 14.4 Å². The minimum absolute atomic E-state index is 0.00468. The van der Waals surface area contributed by atoms with E-state index in [0.717, 1.165) is 22.3 Å². The lowest BCUT2D eigenvalue weighted by Crippen LogP contribution is -2.54. The number of ether oxygens (including phenoxy) is 1. The third-order valence-electron chi connectivity index (χ3n) is 7.53. The highest BCUT2D eigenvalue weighted by Crippen LogP contribution is 2.35. The first-order chi connectivity index (χ1) is 19.2. The molecule has 1 atom stereocenters. The number of benzene rings is 2. The van der Waals surface area contributed by atoms with Gasteiger partial charge in [-0.05, 0) is 73.8 Å². The maximum Gasteiger partial charge on any atom is 0.330 e. The fourth-order valence-electron chi connectivity index (χ4n) is 5.30. The molecular weight excluding hydrogens is 564 g/mol. The van der Waals surface area contributed by atoms with Crippen molar-refractivity contribution in [3.63, 3.8) is 0 Å². The van der Waals surface area contributed by atoms with Crippen LogP contribution in [0.1, 0.15) is 54.6 Å². The van der Waals surface area contributed by atoms with E-state index in [1.165, 1.54) is 11.0 Å². The molecule has 2 heterocycles. The smallest absolute Gasteiger partial charge is 0.330 e. The molecule has 8 nitrogen and oxygen atoms in total. The molecule has 1 aliphatic carbocycles. The zero-order valence-electron chi connectivity index (χ0n) is 21.5. The van der Waals surface area contributed by atoms with Crippen LogP contribution in [-0.4, -0.2) is 57.2 Å². The second kappa shape index (κ2) is 11.9. The van der Waals surface area contributed by atoms with E-state index in [-0.39, 0.29) is 22.0 Å². The Bertz CT molecular complexity index is 1440. The molecule has 2 aliphatic rings. The van der Waals surface area contributed by atoms with E-state index in [2.05, 4.69) is 9.69 Å². The number of carbonyl (C=O) groups is 3. The Kier molecular flexibility index (Phi) is 8.46. The van der Waals surface area contributed by atoms with Gasteiger partial charge in [-0.2, -0.15) is 8.76 Å². The number of hydrogen-bond acceptors (Lipinski definition) is 7. The van der Waals surface area contributed by atoms with Gasteiger partial charge in [-0.1, -0.05) is 29.8 Å². The third-order valence-corrected chi connectivity index (χ3v) is 8.67. The number of carbonyl (C=O) groups excluding carboxylic acids is 2. The van der Waals surface area contributed by atoms with E-state index in [4.69, 9.17) is 16.3 Å². The third kappa shape index (κ3) is 5.88. The van der Waals surface area contributed by atoms with Crippen LogP contribution in [0.25, 0.3) is 10.1 Å². The van der Waals surface area contributed by atoms with Gasteiger partial charge in [0.25, 0.3) is 5.91 Å². The van der Waals surface area contributed by atoms with Crippen molar-refractivity contribution in [3.05, 3.63) is 58.5 Å². The number of likely N-dealkylation sites (tertiary alicyclic amines) is 1. The average Bonchev–Trinajstić information content (AvgIpc) is 3.63. The number of ketones is 1. The quantitative estimate of drug-likeness (QED) is 0.301. The van der Waals surface area contributed by atoms with Crippen LogP contribution in [0, 0.1) is 11.7 Å². The zero-order valence-corrected chi connectivity index (χ0v) is 23.1. The molecule has 212 valence electrons. The first kappa shape index (κ1) is 28.5. The molecule has 12 heteroatoms. The van der Waals surface area contributed by atoms with E-state index >= 15 is 8.78 Å². The fourth-order valence-corrected chi connectivity index (χ4v) is 6.31. The second-order valence-electron chi connectivity index (χ2n) is 10.2. The molecule has 5 rings (SSSR count). The van der Waals surface area contributed by atoms with Crippen molar-refractivity contribution in [2.24, 2.45) is 5.92 Å². The molecule has 3 aromatic rings. The van der Waals surface area contributed by atoms with Crippen molar-refractivity contribution < 1.29 is 33.0 Å². The monoisotopic (exact) mass is 591 g/mol. The largest absolute Gasteiger partial charge is 0.481 e. The number of alkyl halides is 1. The summed E-state index contributed by atoms with van der Waals surface area (Å²) in [5, 5.41) is 12.4. The molecule has 2 aromatic carbocycles. The second-order valence-corrected chi connectivity index (χ2v) is 11.4. The lowest BCUT2D eigenvalue weighted by molar-refractivity contribution is -0.252. The summed E-state index contributed by atoms with van der Waals surface area (Å²) in [6.45, 7) is 0.623. The Labute approximate surface area is 238 Å². The minimum atomic E-state index is -2.77. The number of nitrogens with one attached hydrogen (secondary N) is 1. The van der Waals surface area contributed by atoms with Gasteiger partial charge in [-0.15, -0.1) is 0 Å². The summed E-state index contributed by atoms with van der Waals surface area (Å²) in [5.41, 5.74) is 0.0418. The number of anilines is 1. The van der Waals surface area contributed by atoms with Crippen molar-refractivity contribution in [1.29, 1.82) is 0 Å². The molecule has 0 spiro atoms. The van der Waals surface area contributed by atoms with Crippen LogP contribution in [0.15, 0.2) is 36.4 Å². The highest BCUT2D eigenvalue weighted by Gasteiger charge is 2.49. The predicted molar refractivity (Wildman–Crippen MR) is 147 cm³/mol. The predicted octanol–water partition coefficient (Wildman–Crippen LogP) is 5.83. The number of rotatable bonds is 9. The molecule has 1 aromatic heterocycles. The molecule has 1 amide bonds. The summed E-state index contributed by atoms with van der Waals surface area (Å²) in [6.07, 6.45) is 1.43.